The number of amides is 1. The van der Waals surface area contributed by atoms with Gasteiger partial charge in [0.25, 0.3) is 5.91 Å². The minimum absolute atomic E-state index is 0.0702. The lowest BCUT2D eigenvalue weighted by Crippen LogP contribution is -2.36. The summed E-state index contributed by atoms with van der Waals surface area (Å²) in [7, 11) is 0. The molecule has 2 N–H and O–H groups in total. The highest BCUT2D eigenvalue weighted by Crippen LogP contribution is 2.23. The normalized spacial score (nSPS) is 14.4. The molecule has 0 saturated carbocycles. The lowest BCUT2D eigenvalue weighted by molar-refractivity contribution is -0.274. The Kier molecular flexibility index (Phi) is 6.70. The van der Waals surface area contributed by atoms with Crippen molar-refractivity contribution < 1.29 is 27.4 Å². The molecule has 0 radical (unpaired) electrons. The summed E-state index contributed by atoms with van der Waals surface area (Å²) in [5.74, 6) is -0.394. The number of hydrogen-bond acceptors (Lipinski definition) is 7. The zero-order valence-electron chi connectivity index (χ0n) is 15.4. The third-order valence-corrected chi connectivity index (χ3v) is 4.06. The molecule has 3 rings (SSSR count). The molecular weight excluding hydrogens is 391 g/mol. The fraction of sp³-hybridized carbons (Fsp3) is 0.389. The molecule has 1 aliphatic rings. The highest BCUT2D eigenvalue weighted by atomic mass is 19.4. The first kappa shape index (κ1) is 20.6. The second kappa shape index (κ2) is 9.41. The Balaban J connectivity index is 1.47. The Morgan fingerprint density at radius 3 is 2.76 bits per heavy atom. The molecule has 1 aliphatic heterocycles. The van der Waals surface area contributed by atoms with Gasteiger partial charge in [-0.15, -0.1) is 18.3 Å². The largest absolute Gasteiger partial charge is 0.573 e. The van der Waals surface area contributed by atoms with Crippen LogP contribution in [0.25, 0.3) is 0 Å². The lowest BCUT2D eigenvalue weighted by atomic mass is 10.2. The third-order valence-electron chi connectivity index (χ3n) is 4.06. The quantitative estimate of drug-likeness (QED) is 0.674. The first-order valence-electron chi connectivity index (χ1n) is 8.94. The number of aromatic nitrogens is 2. The van der Waals surface area contributed by atoms with Crippen molar-refractivity contribution in [1.82, 2.24) is 15.5 Å². The van der Waals surface area contributed by atoms with Crippen molar-refractivity contribution in [2.24, 2.45) is 0 Å². The van der Waals surface area contributed by atoms with E-state index in [1.165, 1.54) is 12.1 Å². The smallest absolute Gasteiger partial charge is 0.406 e. The summed E-state index contributed by atoms with van der Waals surface area (Å²) in [5, 5.41) is 13.6. The Morgan fingerprint density at radius 1 is 1.21 bits per heavy atom. The Bertz CT molecular complexity index is 828. The number of nitrogens with zero attached hydrogens (tertiary/aromatic N) is 3. The van der Waals surface area contributed by atoms with Gasteiger partial charge in [-0.3, -0.25) is 4.79 Å². The van der Waals surface area contributed by atoms with Gasteiger partial charge < -0.3 is 25.0 Å². The van der Waals surface area contributed by atoms with E-state index >= 15 is 0 Å². The van der Waals surface area contributed by atoms with Gasteiger partial charge in [0.1, 0.15) is 5.75 Å². The topological polar surface area (TPSA) is 88.6 Å². The van der Waals surface area contributed by atoms with E-state index in [2.05, 4.69) is 30.5 Å². The number of hydrogen-bond donors (Lipinski definition) is 2. The van der Waals surface area contributed by atoms with Crippen LogP contribution in [-0.2, 0) is 4.74 Å². The third kappa shape index (κ3) is 6.49. The number of morpholine rings is 1. The maximum Gasteiger partial charge on any atom is 0.573 e. The van der Waals surface area contributed by atoms with Gasteiger partial charge in [-0.2, -0.15) is 5.10 Å². The van der Waals surface area contributed by atoms with Crippen molar-refractivity contribution in [3.63, 3.8) is 0 Å². The zero-order valence-corrected chi connectivity index (χ0v) is 15.4. The van der Waals surface area contributed by atoms with E-state index in [4.69, 9.17) is 4.74 Å². The minimum atomic E-state index is -4.81. The highest BCUT2D eigenvalue weighted by molar-refractivity contribution is 5.94. The number of alkyl halides is 3. The molecule has 1 aromatic carbocycles. The van der Waals surface area contributed by atoms with E-state index < -0.39 is 18.0 Å². The fourth-order valence-corrected chi connectivity index (χ4v) is 2.74. The first-order valence-corrected chi connectivity index (χ1v) is 8.94. The predicted molar refractivity (Wildman–Crippen MR) is 99.0 cm³/mol. The molecular formula is C18H20F3N5O3. The summed E-state index contributed by atoms with van der Waals surface area (Å²) in [6, 6.07) is 6.75. The van der Waals surface area contributed by atoms with Gasteiger partial charge in [0.2, 0.25) is 0 Å². The van der Waals surface area contributed by atoms with Crippen LogP contribution in [0.2, 0.25) is 0 Å². The molecule has 29 heavy (non-hydrogen) atoms. The summed E-state index contributed by atoms with van der Waals surface area (Å²) in [6.07, 6.45) is -3.13. The molecule has 156 valence electrons. The second-order valence-corrected chi connectivity index (χ2v) is 6.16. The van der Waals surface area contributed by atoms with Crippen molar-refractivity contribution >= 4 is 17.4 Å². The van der Waals surface area contributed by atoms with Crippen LogP contribution in [0.3, 0.4) is 0 Å². The Hall–Kier alpha value is -3.08. The molecule has 2 heterocycles. The monoisotopic (exact) mass is 411 g/mol. The van der Waals surface area contributed by atoms with E-state index in [1.807, 2.05) is 6.07 Å². The lowest BCUT2D eigenvalue weighted by Gasteiger charge is -2.28. The van der Waals surface area contributed by atoms with Crippen LogP contribution in [-0.4, -0.2) is 61.9 Å². The van der Waals surface area contributed by atoms with Crippen LogP contribution in [0.15, 0.2) is 36.5 Å². The van der Waals surface area contributed by atoms with Crippen molar-refractivity contribution in [2.75, 3.05) is 49.6 Å². The Labute approximate surface area is 165 Å². The van der Waals surface area contributed by atoms with Crippen LogP contribution in [0.4, 0.5) is 24.7 Å². The molecule has 8 nitrogen and oxygen atoms in total. The van der Waals surface area contributed by atoms with Gasteiger partial charge in [-0.1, -0.05) is 6.07 Å². The SMILES string of the molecule is O=C(NCCNc1cc(N2CCOCC2)cnn1)c1cccc(OC(F)(F)F)c1. The Morgan fingerprint density at radius 2 is 2.00 bits per heavy atom. The van der Waals surface area contributed by atoms with E-state index in [-0.39, 0.29) is 12.1 Å². The molecule has 0 spiro atoms. The second-order valence-electron chi connectivity index (χ2n) is 6.16. The first-order chi connectivity index (χ1) is 13.9. The number of carbonyl (C=O) groups is 1. The standard InChI is InChI=1S/C18H20F3N5O3/c19-18(20,21)29-15-3-1-2-13(10-15)17(27)23-5-4-22-16-11-14(12-24-25-16)26-6-8-28-9-7-26/h1-3,10-12H,4-9H2,(H,22,25)(H,23,27). The molecule has 1 fully saturated rings. The average molecular weight is 411 g/mol. The summed E-state index contributed by atoms with van der Waals surface area (Å²) in [6.45, 7) is 3.48. The summed E-state index contributed by atoms with van der Waals surface area (Å²) >= 11 is 0. The van der Waals surface area contributed by atoms with Crippen LogP contribution < -0.4 is 20.3 Å². The number of anilines is 2. The van der Waals surface area contributed by atoms with Crippen LogP contribution >= 0.6 is 0 Å². The fourth-order valence-electron chi connectivity index (χ4n) is 2.74. The van der Waals surface area contributed by atoms with Crippen molar-refractivity contribution in [2.45, 2.75) is 6.36 Å². The maximum absolute atomic E-state index is 12.3. The van der Waals surface area contributed by atoms with Gasteiger partial charge in [0, 0.05) is 37.8 Å². The average Bonchev–Trinajstić information content (AvgIpc) is 2.71. The molecule has 0 bridgehead atoms. The van der Waals surface area contributed by atoms with Crippen molar-refractivity contribution in [1.29, 1.82) is 0 Å². The van der Waals surface area contributed by atoms with Crippen LogP contribution in [0, 0.1) is 0 Å². The van der Waals surface area contributed by atoms with Gasteiger partial charge in [-0.25, -0.2) is 0 Å². The van der Waals surface area contributed by atoms with Gasteiger partial charge >= 0.3 is 6.36 Å². The molecule has 1 saturated heterocycles. The van der Waals surface area contributed by atoms with E-state index in [9.17, 15) is 18.0 Å². The summed E-state index contributed by atoms with van der Waals surface area (Å²) < 4.78 is 46.0. The van der Waals surface area contributed by atoms with Crippen molar-refractivity contribution in [3.05, 3.63) is 42.1 Å². The number of carbonyl (C=O) groups excluding carboxylic acids is 1. The van der Waals surface area contributed by atoms with E-state index in [1.54, 1.807) is 6.20 Å². The van der Waals surface area contributed by atoms with Gasteiger partial charge in [-0.05, 0) is 18.2 Å². The zero-order chi connectivity index (χ0) is 20.7. The number of benzene rings is 1. The van der Waals surface area contributed by atoms with E-state index in [0.29, 0.717) is 25.6 Å². The van der Waals surface area contributed by atoms with Crippen LogP contribution in [0.5, 0.6) is 5.75 Å². The maximum atomic E-state index is 12.3. The highest BCUT2D eigenvalue weighted by Gasteiger charge is 2.31. The minimum Gasteiger partial charge on any atom is -0.406 e. The van der Waals surface area contributed by atoms with Crippen molar-refractivity contribution in [3.8, 4) is 5.75 Å². The summed E-state index contributed by atoms with van der Waals surface area (Å²) in [5.41, 5.74) is 0.997. The number of rotatable bonds is 7. The molecule has 11 heteroatoms. The van der Waals surface area contributed by atoms with E-state index in [0.717, 1.165) is 30.9 Å². The predicted octanol–water partition coefficient (Wildman–Crippen LogP) is 2.05. The van der Waals surface area contributed by atoms with Gasteiger partial charge in [0.15, 0.2) is 5.82 Å². The molecule has 0 unspecified atom stereocenters. The van der Waals surface area contributed by atoms with Crippen LogP contribution in [0.1, 0.15) is 10.4 Å². The molecule has 1 aromatic heterocycles. The number of ether oxygens (including phenoxy) is 2. The molecule has 0 atom stereocenters. The molecule has 1 amide bonds. The molecule has 2 aromatic rings. The summed E-state index contributed by atoms with van der Waals surface area (Å²) in [4.78, 5) is 14.3. The molecule has 0 aliphatic carbocycles. The number of halogens is 3. The number of nitrogens with one attached hydrogen (secondary N) is 2. The van der Waals surface area contributed by atoms with Gasteiger partial charge in [0.05, 0.1) is 25.1 Å².